The lowest BCUT2D eigenvalue weighted by Crippen LogP contribution is -2.30. The minimum atomic E-state index is -0.454. The van der Waals surface area contributed by atoms with Crippen molar-refractivity contribution in [1.29, 1.82) is 0 Å². The standard InChI is InChI=1S/C20H23N3O3/c1-14-10-11-22(19(12-14)21-16-6-4-3-5-7-16)20(24)18-9-8-17(23(25)26)13-15(18)2/h8-13,16H,3-7H2,1-2H3. The second-order valence-corrected chi connectivity index (χ2v) is 6.91. The molecular formula is C20H23N3O3. The van der Waals surface area contributed by atoms with E-state index in [0.29, 0.717) is 16.6 Å². The van der Waals surface area contributed by atoms with E-state index in [2.05, 4.69) is 0 Å². The topological polar surface area (TPSA) is 77.5 Å². The molecule has 1 aliphatic carbocycles. The molecule has 1 fully saturated rings. The Bertz CT molecular complexity index is 909. The molecule has 0 unspecified atom stereocenters. The first-order chi connectivity index (χ1) is 12.5. The van der Waals surface area contributed by atoms with E-state index < -0.39 is 4.92 Å². The van der Waals surface area contributed by atoms with Gasteiger partial charge in [-0.25, -0.2) is 0 Å². The highest BCUT2D eigenvalue weighted by atomic mass is 16.6. The van der Waals surface area contributed by atoms with Crippen molar-refractivity contribution < 1.29 is 9.72 Å². The lowest BCUT2D eigenvalue weighted by molar-refractivity contribution is -0.384. The largest absolute Gasteiger partial charge is 0.269 e. The average Bonchev–Trinajstić information content (AvgIpc) is 2.62. The Balaban J connectivity index is 2.02. The fourth-order valence-corrected chi connectivity index (χ4v) is 3.39. The van der Waals surface area contributed by atoms with Crippen molar-refractivity contribution in [3.8, 4) is 0 Å². The fraction of sp³-hybridized carbons (Fsp3) is 0.400. The van der Waals surface area contributed by atoms with E-state index in [9.17, 15) is 14.9 Å². The van der Waals surface area contributed by atoms with Crippen molar-refractivity contribution in [3.05, 3.63) is 68.8 Å². The number of non-ortho nitro benzene ring substituents is 1. The molecule has 1 aromatic heterocycles. The Kier molecular flexibility index (Phi) is 5.30. The first kappa shape index (κ1) is 18.0. The predicted octanol–water partition coefficient (Wildman–Crippen LogP) is 3.94. The van der Waals surface area contributed by atoms with Crippen LogP contribution in [-0.4, -0.2) is 21.4 Å². The zero-order valence-corrected chi connectivity index (χ0v) is 15.1. The molecule has 26 heavy (non-hydrogen) atoms. The van der Waals surface area contributed by atoms with Crippen LogP contribution in [0.5, 0.6) is 0 Å². The van der Waals surface area contributed by atoms with Gasteiger partial charge in [-0.15, -0.1) is 0 Å². The number of carbonyl (C=O) groups is 1. The highest BCUT2D eigenvalue weighted by Gasteiger charge is 2.17. The highest BCUT2D eigenvalue weighted by Crippen LogP contribution is 2.20. The number of nitrogens with zero attached hydrogens (tertiary/aromatic N) is 3. The van der Waals surface area contributed by atoms with Crippen LogP contribution in [0, 0.1) is 24.0 Å². The maximum atomic E-state index is 13.1. The Morgan fingerprint density at radius 1 is 1.15 bits per heavy atom. The highest BCUT2D eigenvalue weighted by molar-refractivity contribution is 5.97. The summed E-state index contributed by atoms with van der Waals surface area (Å²) in [7, 11) is 0. The SMILES string of the molecule is Cc1ccn(C(=O)c2ccc([N+](=O)[O-])cc2C)c(=NC2CCCCC2)c1. The normalized spacial score (nSPS) is 15.8. The molecule has 0 aliphatic heterocycles. The zero-order chi connectivity index (χ0) is 18.7. The van der Waals surface area contributed by atoms with Crippen LogP contribution in [0.4, 0.5) is 5.69 Å². The van der Waals surface area contributed by atoms with Gasteiger partial charge in [0.1, 0.15) is 5.49 Å². The molecule has 1 aliphatic rings. The molecular weight excluding hydrogens is 330 g/mol. The maximum Gasteiger partial charge on any atom is 0.269 e. The van der Waals surface area contributed by atoms with Gasteiger partial charge >= 0.3 is 0 Å². The summed E-state index contributed by atoms with van der Waals surface area (Å²) >= 11 is 0. The van der Waals surface area contributed by atoms with Crippen molar-refractivity contribution >= 4 is 11.6 Å². The number of hydrogen-bond acceptors (Lipinski definition) is 4. The summed E-state index contributed by atoms with van der Waals surface area (Å²) in [5.74, 6) is -0.216. The molecule has 0 radical (unpaired) electrons. The van der Waals surface area contributed by atoms with Crippen LogP contribution >= 0.6 is 0 Å². The molecule has 6 heteroatoms. The number of nitro groups is 1. The molecule has 1 saturated carbocycles. The number of nitro benzene ring substituents is 1. The van der Waals surface area contributed by atoms with E-state index >= 15 is 0 Å². The molecule has 0 spiro atoms. The summed E-state index contributed by atoms with van der Waals surface area (Å²) in [6, 6.07) is 8.37. The van der Waals surface area contributed by atoms with Crippen LogP contribution in [0.1, 0.15) is 53.6 Å². The third-order valence-corrected chi connectivity index (χ3v) is 4.85. The van der Waals surface area contributed by atoms with Gasteiger partial charge < -0.3 is 0 Å². The maximum absolute atomic E-state index is 13.1. The number of aromatic nitrogens is 1. The van der Waals surface area contributed by atoms with E-state index in [1.54, 1.807) is 17.7 Å². The first-order valence-corrected chi connectivity index (χ1v) is 8.98. The summed E-state index contributed by atoms with van der Waals surface area (Å²) in [6.07, 6.45) is 7.45. The number of carbonyl (C=O) groups excluding carboxylic acids is 1. The quantitative estimate of drug-likeness (QED) is 0.619. The van der Waals surface area contributed by atoms with Crippen molar-refractivity contribution in [2.45, 2.75) is 52.0 Å². The summed E-state index contributed by atoms with van der Waals surface area (Å²) in [4.78, 5) is 28.4. The number of rotatable bonds is 3. The zero-order valence-electron chi connectivity index (χ0n) is 15.1. The molecule has 0 saturated heterocycles. The van der Waals surface area contributed by atoms with Gasteiger partial charge in [-0.05, 0) is 56.0 Å². The molecule has 136 valence electrons. The number of hydrogen-bond donors (Lipinski definition) is 0. The van der Waals surface area contributed by atoms with Gasteiger partial charge in [0.2, 0.25) is 0 Å². The summed E-state index contributed by atoms with van der Waals surface area (Å²) < 4.78 is 1.55. The van der Waals surface area contributed by atoms with E-state index in [4.69, 9.17) is 4.99 Å². The summed E-state index contributed by atoms with van der Waals surface area (Å²) in [6.45, 7) is 3.69. The van der Waals surface area contributed by atoms with Crippen LogP contribution in [-0.2, 0) is 0 Å². The predicted molar refractivity (Wildman–Crippen MR) is 99.2 cm³/mol. The lowest BCUT2D eigenvalue weighted by Gasteiger charge is -2.18. The third-order valence-electron chi connectivity index (χ3n) is 4.85. The third kappa shape index (κ3) is 3.90. The smallest absolute Gasteiger partial charge is 0.268 e. The van der Waals surface area contributed by atoms with Gasteiger partial charge in [-0.2, -0.15) is 0 Å². The number of aryl methyl sites for hydroxylation is 2. The fourth-order valence-electron chi connectivity index (χ4n) is 3.39. The molecule has 1 heterocycles. The average molecular weight is 353 g/mol. The van der Waals surface area contributed by atoms with Gasteiger partial charge in [0.15, 0.2) is 0 Å². The van der Waals surface area contributed by atoms with E-state index in [0.717, 1.165) is 18.4 Å². The van der Waals surface area contributed by atoms with Gasteiger partial charge in [-0.1, -0.05) is 19.3 Å². The van der Waals surface area contributed by atoms with Crippen LogP contribution in [0.2, 0.25) is 0 Å². The van der Waals surface area contributed by atoms with E-state index in [-0.39, 0.29) is 17.6 Å². The Morgan fingerprint density at radius 3 is 2.54 bits per heavy atom. The lowest BCUT2D eigenvalue weighted by atomic mass is 9.96. The molecule has 1 aromatic carbocycles. The molecule has 3 rings (SSSR count). The molecule has 0 N–H and O–H groups in total. The molecule has 0 bridgehead atoms. The minimum Gasteiger partial charge on any atom is -0.268 e. The van der Waals surface area contributed by atoms with Crippen LogP contribution in [0.25, 0.3) is 0 Å². The van der Waals surface area contributed by atoms with E-state index in [1.165, 1.54) is 37.5 Å². The molecule has 0 atom stereocenters. The van der Waals surface area contributed by atoms with Crippen molar-refractivity contribution in [2.24, 2.45) is 4.99 Å². The van der Waals surface area contributed by atoms with Crippen LogP contribution in [0.15, 0.2) is 41.5 Å². The van der Waals surface area contributed by atoms with Gasteiger partial charge in [0, 0.05) is 23.9 Å². The second-order valence-electron chi connectivity index (χ2n) is 6.91. The Morgan fingerprint density at radius 2 is 1.88 bits per heavy atom. The second kappa shape index (κ2) is 7.64. The number of pyridine rings is 1. The van der Waals surface area contributed by atoms with E-state index in [1.807, 2.05) is 19.1 Å². The Labute approximate surface area is 152 Å². The number of benzene rings is 1. The Hall–Kier alpha value is -2.76. The van der Waals surface area contributed by atoms with Crippen molar-refractivity contribution in [2.75, 3.05) is 0 Å². The van der Waals surface area contributed by atoms with Crippen LogP contribution in [0.3, 0.4) is 0 Å². The van der Waals surface area contributed by atoms with Gasteiger partial charge in [0.05, 0.1) is 11.0 Å². The molecule has 6 nitrogen and oxygen atoms in total. The van der Waals surface area contributed by atoms with Crippen LogP contribution < -0.4 is 5.49 Å². The van der Waals surface area contributed by atoms with Gasteiger partial charge in [-0.3, -0.25) is 24.5 Å². The minimum absolute atomic E-state index is 0.0138. The van der Waals surface area contributed by atoms with Crippen molar-refractivity contribution in [3.63, 3.8) is 0 Å². The molecule has 2 aromatic rings. The monoisotopic (exact) mass is 353 g/mol. The summed E-state index contributed by atoms with van der Waals surface area (Å²) in [5.41, 5.74) is 2.72. The summed E-state index contributed by atoms with van der Waals surface area (Å²) in [5, 5.41) is 10.9. The van der Waals surface area contributed by atoms with Gasteiger partial charge in [0.25, 0.3) is 11.6 Å². The van der Waals surface area contributed by atoms with Crippen molar-refractivity contribution in [1.82, 2.24) is 4.57 Å². The first-order valence-electron chi connectivity index (χ1n) is 8.98. The molecule has 0 amide bonds.